The molecular weight excluding hydrogens is 542 g/mol. The van der Waals surface area contributed by atoms with Crippen LogP contribution in [0.3, 0.4) is 0 Å². The van der Waals surface area contributed by atoms with E-state index in [1.807, 2.05) is 12.1 Å². The number of nitrogens with one attached hydrogen (secondary N) is 2. The first kappa shape index (κ1) is 25.6. The lowest BCUT2D eigenvalue weighted by atomic mass is 10.1. The molecule has 0 saturated heterocycles. The monoisotopic (exact) mass is 563 g/mol. The summed E-state index contributed by atoms with van der Waals surface area (Å²) in [5, 5.41) is 5.00. The number of benzene rings is 2. The molecule has 0 atom stereocenters. The van der Waals surface area contributed by atoms with E-state index >= 15 is 0 Å². The number of para-hydroxylation sites is 1. The van der Waals surface area contributed by atoms with Crippen LogP contribution in [0, 0.1) is 0 Å². The molecule has 2 N–H and O–H groups in total. The maximum absolute atomic E-state index is 13.2. The summed E-state index contributed by atoms with van der Waals surface area (Å²) in [6.07, 6.45) is 1.51. The van der Waals surface area contributed by atoms with E-state index in [1.165, 1.54) is 13.2 Å². The fraction of sp³-hybridized carbons (Fsp3) is 0.111. The summed E-state index contributed by atoms with van der Waals surface area (Å²) in [7, 11) is 1.22. The van der Waals surface area contributed by atoms with Crippen LogP contribution in [-0.2, 0) is 30.5 Å². The van der Waals surface area contributed by atoms with Gasteiger partial charge in [0.15, 0.2) is 0 Å². The Hall–Kier alpha value is -4.44. The number of nitrogens with zero attached hydrogens (tertiary/aromatic N) is 1. The van der Waals surface area contributed by atoms with Crippen LogP contribution in [-0.4, -0.2) is 30.7 Å². The van der Waals surface area contributed by atoms with Gasteiger partial charge in [-0.1, -0.05) is 34.1 Å². The van der Waals surface area contributed by atoms with E-state index in [4.69, 9.17) is 9.15 Å². The third-order valence-electron chi connectivity index (χ3n) is 5.49. The number of allylic oxidation sites excluding steroid dienone is 2. The van der Waals surface area contributed by atoms with Crippen molar-refractivity contribution in [2.24, 2.45) is 0 Å². The molecule has 37 heavy (non-hydrogen) atoms. The lowest BCUT2D eigenvalue weighted by Crippen LogP contribution is -2.34. The lowest BCUT2D eigenvalue weighted by Gasteiger charge is -2.21. The van der Waals surface area contributed by atoms with Crippen molar-refractivity contribution in [2.75, 3.05) is 17.3 Å². The lowest BCUT2D eigenvalue weighted by molar-refractivity contribution is -0.137. The van der Waals surface area contributed by atoms with Crippen LogP contribution in [0.1, 0.15) is 18.4 Å². The van der Waals surface area contributed by atoms with Gasteiger partial charge in [0.05, 0.1) is 19.4 Å². The number of furan rings is 1. The molecule has 4 rings (SSSR count). The van der Waals surface area contributed by atoms with Gasteiger partial charge in [0.2, 0.25) is 5.78 Å². The van der Waals surface area contributed by atoms with Gasteiger partial charge in [-0.05, 0) is 55.5 Å². The fourth-order valence-electron chi connectivity index (χ4n) is 3.74. The predicted octanol–water partition coefficient (Wildman–Crippen LogP) is 4.17. The molecule has 0 fully saturated rings. The topological polar surface area (TPSA) is 118 Å². The quantitative estimate of drug-likeness (QED) is 0.200. The van der Waals surface area contributed by atoms with Crippen molar-refractivity contribution < 1.29 is 28.3 Å². The Morgan fingerprint density at radius 2 is 1.70 bits per heavy atom. The first-order valence-electron chi connectivity index (χ1n) is 11.1. The highest BCUT2D eigenvalue weighted by Gasteiger charge is 2.38. The normalized spacial score (nSPS) is 14.2. The maximum Gasteiger partial charge on any atom is 0.343 e. The largest absolute Gasteiger partial charge is 0.465 e. The zero-order valence-electron chi connectivity index (χ0n) is 19.9. The smallest absolute Gasteiger partial charge is 0.343 e. The number of halogens is 1. The van der Waals surface area contributed by atoms with Crippen molar-refractivity contribution in [1.29, 1.82) is 0 Å². The number of hydrogen-bond donors (Lipinski definition) is 2. The second-order valence-corrected chi connectivity index (χ2v) is 8.85. The summed E-state index contributed by atoms with van der Waals surface area (Å²) < 4.78 is 11.4. The molecule has 2 amide bonds. The molecular formula is C27H22BrN3O6. The molecule has 0 bridgehead atoms. The van der Waals surface area contributed by atoms with E-state index < -0.39 is 23.6 Å². The Morgan fingerprint density at radius 3 is 2.38 bits per heavy atom. The van der Waals surface area contributed by atoms with Gasteiger partial charge in [-0.15, -0.1) is 0 Å². The number of hydrogen-bond acceptors (Lipinski definition) is 7. The summed E-state index contributed by atoms with van der Waals surface area (Å²) in [4.78, 5) is 51.4. The van der Waals surface area contributed by atoms with Gasteiger partial charge in [0, 0.05) is 27.6 Å². The Balaban J connectivity index is 1.51. The molecule has 0 aliphatic carbocycles. The summed E-state index contributed by atoms with van der Waals surface area (Å²) >= 11 is 3.39. The molecule has 0 saturated carbocycles. The van der Waals surface area contributed by atoms with Crippen LogP contribution in [0.15, 0.2) is 92.6 Å². The molecule has 0 spiro atoms. The minimum absolute atomic E-state index is 0.0424. The predicted molar refractivity (Wildman–Crippen MR) is 140 cm³/mol. The molecule has 0 radical (unpaired) electrons. The van der Waals surface area contributed by atoms with E-state index in [-0.39, 0.29) is 17.8 Å². The number of methoxy groups -OCH3 is 1. The van der Waals surface area contributed by atoms with E-state index in [9.17, 15) is 19.2 Å². The van der Waals surface area contributed by atoms with Crippen molar-refractivity contribution in [2.45, 2.75) is 13.5 Å². The van der Waals surface area contributed by atoms with Crippen molar-refractivity contribution >= 4 is 56.9 Å². The maximum atomic E-state index is 13.2. The van der Waals surface area contributed by atoms with Crippen LogP contribution in [0.5, 0.6) is 0 Å². The molecule has 1 aliphatic heterocycles. The highest BCUT2D eigenvalue weighted by molar-refractivity contribution is 9.10. The van der Waals surface area contributed by atoms with Gasteiger partial charge in [-0.2, -0.15) is 0 Å². The average molecular weight is 564 g/mol. The third kappa shape index (κ3) is 5.70. The van der Waals surface area contributed by atoms with Crippen molar-refractivity contribution in [3.63, 3.8) is 0 Å². The first-order valence-corrected chi connectivity index (χ1v) is 11.9. The zero-order valence-corrected chi connectivity index (χ0v) is 21.5. The number of ether oxygens (including phenoxy) is 1. The summed E-state index contributed by atoms with van der Waals surface area (Å²) in [6, 6.07) is 19.1. The highest BCUT2D eigenvalue weighted by Crippen LogP contribution is 2.36. The molecule has 2 aromatic carbocycles. The first-order chi connectivity index (χ1) is 17.8. The molecule has 188 valence electrons. The van der Waals surface area contributed by atoms with E-state index in [0.29, 0.717) is 28.6 Å². The number of carbonyl (C=O) groups is 4. The highest BCUT2D eigenvalue weighted by atomic mass is 79.9. The minimum Gasteiger partial charge on any atom is -0.465 e. The molecule has 10 heteroatoms. The van der Waals surface area contributed by atoms with Crippen molar-refractivity contribution in [3.8, 4) is 0 Å². The van der Waals surface area contributed by atoms with Crippen LogP contribution in [0.25, 0.3) is 6.08 Å². The van der Waals surface area contributed by atoms with Gasteiger partial charge in [0.1, 0.15) is 17.1 Å². The van der Waals surface area contributed by atoms with Gasteiger partial charge >= 0.3 is 17.8 Å². The van der Waals surface area contributed by atoms with Crippen LogP contribution in [0.2, 0.25) is 0 Å². The van der Waals surface area contributed by atoms with Crippen molar-refractivity contribution in [1.82, 2.24) is 5.32 Å². The van der Waals surface area contributed by atoms with Gasteiger partial charge in [0.25, 0.3) is 0 Å². The standard InChI is InChI=1S/C27H22BrN3O6/c1-16-23(27(35)36-2)24(32)22(31(16)19-10-8-17(28)9-11-19)14-20-12-13-21(37-20)15-29-25(33)26(34)30-18-6-4-3-5-7-18/h3-14H,15H2,1-2H3,(H,29,33)(H,30,34)/b22-14+. The molecule has 9 nitrogen and oxygen atoms in total. The fourth-order valence-corrected chi connectivity index (χ4v) is 4.01. The van der Waals surface area contributed by atoms with Gasteiger partial charge in [-0.3, -0.25) is 14.4 Å². The number of rotatable bonds is 6. The molecule has 3 aromatic rings. The number of amides is 2. The van der Waals surface area contributed by atoms with Crippen LogP contribution >= 0.6 is 15.9 Å². The Bertz CT molecular complexity index is 1420. The molecule has 0 unspecified atom stereocenters. The number of ketones is 1. The summed E-state index contributed by atoms with van der Waals surface area (Å²) in [6.45, 7) is 1.62. The average Bonchev–Trinajstić information content (AvgIpc) is 3.45. The minimum atomic E-state index is -0.824. The Kier molecular flexibility index (Phi) is 7.69. The van der Waals surface area contributed by atoms with E-state index in [0.717, 1.165) is 4.47 Å². The molecule has 2 heterocycles. The molecule has 1 aromatic heterocycles. The number of esters is 1. The molecule has 1 aliphatic rings. The zero-order chi connectivity index (χ0) is 26.5. The van der Waals surface area contributed by atoms with Gasteiger partial charge in [-0.25, -0.2) is 4.79 Å². The van der Waals surface area contributed by atoms with E-state index in [2.05, 4.69) is 26.6 Å². The number of anilines is 2. The van der Waals surface area contributed by atoms with Crippen LogP contribution in [0.4, 0.5) is 11.4 Å². The Morgan fingerprint density at radius 1 is 1.00 bits per heavy atom. The SMILES string of the molecule is COC(=O)C1=C(C)N(c2ccc(Br)cc2)/C(=C/c2ccc(CNC(=O)C(=O)Nc3ccccc3)o2)C1=O. The third-order valence-corrected chi connectivity index (χ3v) is 6.02. The number of carbonyl (C=O) groups excluding carboxylic acids is 4. The van der Waals surface area contributed by atoms with Crippen molar-refractivity contribution in [3.05, 3.63) is 99.7 Å². The summed E-state index contributed by atoms with van der Waals surface area (Å²) in [5.41, 5.74) is 1.73. The second kappa shape index (κ2) is 11.1. The van der Waals surface area contributed by atoms with E-state index in [1.54, 1.807) is 66.4 Å². The van der Waals surface area contributed by atoms with Crippen LogP contribution < -0.4 is 15.5 Å². The number of Topliss-reactive ketones (excluding diaryl/α,β-unsaturated/α-hetero) is 1. The Labute approximate surface area is 220 Å². The van der Waals surface area contributed by atoms with Gasteiger partial charge < -0.3 is 24.7 Å². The summed E-state index contributed by atoms with van der Waals surface area (Å²) in [5.74, 6) is -2.18. The second-order valence-electron chi connectivity index (χ2n) is 7.93.